The van der Waals surface area contributed by atoms with Crippen LogP contribution in [0.1, 0.15) is 0 Å². The van der Waals surface area contributed by atoms with Gasteiger partial charge < -0.3 is 37.8 Å². The molecule has 4 N–H and O–H groups in total. The Balaban J connectivity index is 0.00000144. The van der Waals surface area contributed by atoms with E-state index in [9.17, 15) is 5.11 Å². The van der Waals surface area contributed by atoms with Gasteiger partial charge in [0.1, 0.15) is 18.3 Å². The second kappa shape index (κ2) is 5.89. The molecule has 72 valence electrons. The first-order valence-electron chi connectivity index (χ1n) is 3.54. The summed E-state index contributed by atoms with van der Waals surface area (Å²) in [7, 11) is 0. The molecule has 0 spiro atoms. The van der Waals surface area contributed by atoms with E-state index in [1.54, 1.807) is 0 Å². The molecule has 7 heteroatoms. The average Bonchev–Trinajstić information content (AvgIpc) is 2.08. The molecule has 1 aliphatic rings. The summed E-state index contributed by atoms with van der Waals surface area (Å²) in [5.41, 5.74) is -0.986. The van der Waals surface area contributed by atoms with Crippen LogP contribution in [0.4, 0.5) is 0 Å². The van der Waals surface area contributed by atoms with E-state index in [1.165, 1.54) is 0 Å². The van der Waals surface area contributed by atoms with Gasteiger partial charge in [0.25, 0.3) is 0 Å². The van der Waals surface area contributed by atoms with Gasteiger partial charge in [-0.2, -0.15) is 0 Å². The number of aliphatic hydroxyl groups excluding tert-OH is 4. The van der Waals surface area contributed by atoms with Gasteiger partial charge in [-0.15, -0.1) is 0 Å². The molecule has 5 nitrogen and oxygen atoms in total. The molecule has 1 rings (SSSR count). The van der Waals surface area contributed by atoms with Crippen LogP contribution in [-0.4, -0.2) is 56.9 Å². The molecular formula is C6H11NaO5S. The van der Waals surface area contributed by atoms with Crippen molar-refractivity contribution in [1.29, 1.82) is 0 Å². The molecule has 0 aromatic carbocycles. The summed E-state index contributed by atoms with van der Waals surface area (Å²) >= 11 is 4.63. The van der Waals surface area contributed by atoms with E-state index in [0.717, 1.165) is 0 Å². The first-order valence-corrected chi connectivity index (χ1v) is 4.01. The fraction of sp³-hybridized carbons (Fsp3) is 1.00. The van der Waals surface area contributed by atoms with Crippen LogP contribution in [-0.2, 0) is 17.4 Å². The maximum Gasteiger partial charge on any atom is 1.00 e. The molecule has 13 heavy (non-hydrogen) atoms. The van der Waals surface area contributed by atoms with Crippen LogP contribution < -0.4 is 29.6 Å². The third kappa shape index (κ3) is 3.05. The Labute approximate surface area is 103 Å². The minimum atomic E-state index is -1.35. The van der Waals surface area contributed by atoms with Gasteiger partial charge in [0.2, 0.25) is 0 Å². The Morgan fingerprint density at radius 3 is 2.08 bits per heavy atom. The fourth-order valence-electron chi connectivity index (χ4n) is 1.07. The van der Waals surface area contributed by atoms with Crippen LogP contribution in [0.25, 0.3) is 0 Å². The summed E-state index contributed by atoms with van der Waals surface area (Å²) in [5.74, 6) is 0. The SMILES string of the molecule is OC[C@H]1O[C@@H]([S-])[C@H](O)[C@H](O)[C@H]1O.[Na+]. The van der Waals surface area contributed by atoms with Gasteiger partial charge in [-0.05, 0) is 5.44 Å². The first kappa shape index (κ1) is 14.2. The van der Waals surface area contributed by atoms with Crippen molar-refractivity contribution < 1.29 is 54.7 Å². The molecule has 0 bridgehead atoms. The second-order valence-corrected chi connectivity index (χ2v) is 3.16. The normalized spacial score (nSPS) is 45.5. The molecule has 0 saturated carbocycles. The molecule has 0 aromatic heterocycles. The van der Waals surface area contributed by atoms with Crippen LogP contribution in [0.5, 0.6) is 0 Å². The van der Waals surface area contributed by atoms with Gasteiger partial charge in [0.05, 0.1) is 12.7 Å². The smallest absolute Gasteiger partial charge is 0.759 e. The third-order valence-electron chi connectivity index (χ3n) is 1.85. The van der Waals surface area contributed by atoms with Crippen molar-refractivity contribution in [2.24, 2.45) is 0 Å². The molecule has 0 unspecified atom stereocenters. The van der Waals surface area contributed by atoms with Crippen LogP contribution in [0, 0.1) is 0 Å². The van der Waals surface area contributed by atoms with E-state index in [4.69, 9.17) is 20.1 Å². The Morgan fingerprint density at radius 1 is 1.08 bits per heavy atom. The van der Waals surface area contributed by atoms with Crippen molar-refractivity contribution in [3.8, 4) is 0 Å². The van der Waals surface area contributed by atoms with Crippen molar-refractivity contribution in [2.75, 3.05) is 6.61 Å². The molecule has 1 aliphatic heterocycles. The monoisotopic (exact) mass is 218 g/mol. The Bertz CT molecular complexity index is 155. The molecule has 1 fully saturated rings. The number of aliphatic hydroxyl groups is 4. The van der Waals surface area contributed by atoms with Gasteiger partial charge in [-0.25, -0.2) is 0 Å². The van der Waals surface area contributed by atoms with Crippen LogP contribution in [0.2, 0.25) is 0 Å². The molecule has 1 heterocycles. The average molecular weight is 218 g/mol. The van der Waals surface area contributed by atoms with Gasteiger partial charge in [-0.3, -0.25) is 0 Å². The Morgan fingerprint density at radius 2 is 1.62 bits per heavy atom. The van der Waals surface area contributed by atoms with Crippen molar-refractivity contribution in [2.45, 2.75) is 29.9 Å². The zero-order chi connectivity index (χ0) is 9.30. The van der Waals surface area contributed by atoms with Gasteiger partial charge in [-0.1, -0.05) is 0 Å². The maximum atomic E-state index is 9.18. The number of hydrogen-bond acceptors (Lipinski definition) is 6. The summed E-state index contributed by atoms with van der Waals surface area (Å²) in [6.07, 6.45) is -4.83. The van der Waals surface area contributed by atoms with Crippen molar-refractivity contribution >= 4 is 12.6 Å². The summed E-state index contributed by atoms with van der Waals surface area (Å²) in [5, 5.41) is 36.1. The minimum absolute atomic E-state index is 0. The van der Waals surface area contributed by atoms with Crippen LogP contribution in [0.15, 0.2) is 0 Å². The Kier molecular flexibility index (Phi) is 6.41. The number of ether oxygens (including phenoxy) is 1. The maximum absolute atomic E-state index is 9.18. The van der Waals surface area contributed by atoms with Gasteiger partial charge in [0.15, 0.2) is 0 Å². The number of rotatable bonds is 1. The molecule has 0 radical (unpaired) electrons. The molecule has 0 amide bonds. The van der Waals surface area contributed by atoms with E-state index >= 15 is 0 Å². The van der Waals surface area contributed by atoms with E-state index in [-0.39, 0.29) is 29.6 Å². The van der Waals surface area contributed by atoms with Crippen molar-refractivity contribution in [3.05, 3.63) is 0 Å². The standard InChI is InChI=1S/C6H12O5S.Na/c7-1-2-3(8)4(9)5(10)6(12)11-2;/h2-10,12H,1H2;/q;+1/p-1/t2-,3+,4-,5-,6+;/m1./s1. The fourth-order valence-corrected chi connectivity index (χ4v) is 1.37. The Hall–Kier alpha value is 1.15. The van der Waals surface area contributed by atoms with E-state index in [0.29, 0.717) is 0 Å². The summed E-state index contributed by atoms with van der Waals surface area (Å²) in [6.45, 7) is -0.432. The number of hydrogen-bond donors (Lipinski definition) is 4. The second-order valence-electron chi connectivity index (χ2n) is 2.70. The largest absolute Gasteiger partial charge is 1.00 e. The van der Waals surface area contributed by atoms with E-state index < -0.39 is 36.5 Å². The predicted molar refractivity (Wildman–Crippen MR) is 41.1 cm³/mol. The van der Waals surface area contributed by atoms with Crippen molar-refractivity contribution in [1.82, 2.24) is 0 Å². The molecule has 0 aromatic rings. The van der Waals surface area contributed by atoms with Crippen molar-refractivity contribution in [3.63, 3.8) is 0 Å². The zero-order valence-corrected chi connectivity index (χ0v) is 10.0. The summed E-state index contributed by atoms with van der Waals surface area (Å²) in [6, 6.07) is 0. The van der Waals surface area contributed by atoms with E-state index in [1.807, 2.05) is 0 Å². The quantitative estimate of drug-likeness (QED) is 0.259. The topological polar surface area (TPSA) is 90.2 Å². The summed E-state index contributed by atoms with van der Waals surface area (Å²) < 4.78 is 4.84. The van der Waals surface area contributed by atoms with Gasteiger partial charge >= 0.3 is 29.6 Å². The molecular weight excluding hydrogens is 207 g/mol. The van der Waals surface area contributed by atoms with Crippen LogP contribution >= 0.6 is 0 Å². The molecule has 5 atom stereocenters. The predicted octanol–water partition coefficient (Wildman–Crippen LogP) is -5.66. The minimum Gasteiger partial charge on any atom is -0.759 e. The van der Waals surface area contributed by atoms with Crippen LogP contribution in [0.3, 0.4) is 0 Å². The molecule has 1 saturated heterocycles. The van der Waals surface area contributed by atoms with E-state index in [2.05, 4.69) is 12.6 Å². The summed E-state index contributed by atoms with van der Waals surface area (Å²) in [4.78, 5) is 0. The van der Waals surface area contributed by atoms with Gasteiger partial charge in [0, 0.05) is 0 Å². The third-order valence-corrected chi connectivity index (χ3v) is 2.24. The zero-order valence-electron chi connectivity index (χ0n) is 7.20. The first-order chi connectivity index (χ1) is 5.57. The molecule has 0 aliphatic carbocycles.